The van der Waals surface area contributed by atoms with Crippen LogP contribution in [0.5, 0.6) is 0 Å². The number of hydrogen-bond donors (Lipinski definition) is 0. The minimum atomic E-state index is -0.0613. The van der Waals surface area contributed by atoms with Gasteiger partial charge in [0.25, 0.3) is 5.91 Å². The maximum atomic E-state index is 13.1. The summed E-state index contributed by atoms with van der Waals surface area (Å²) in [6.45, 7) is 2.61. The van der Waals surface area contributed by atoms with Gasteiger partial charge in [-0.05, 0) is 50.2 Å². The highest BCUT2D eigenvalue weighted by molar-refractivity contribution is 6.15. The van der Waals surface area contributed by atoms with Gasteiger partial charge in [0.2, 0.25) is 5.91 Å². The predicted molar refractivity (Wildman–Crippen MR) is 110 cm³/mol. The van der Waals surface area contributed by atoms with Crippen LogP contribution < -0.4 is 9.80 Å². The Balaban J connectivity index is 0.00000210. The van der Waals surface area contributed by atoms with Crippen molar-refractivity contribution in [3.05, 3.63) is 60.2 Å². The molecule has 6 heteroatoms. The van der Waals surface area contributed by atoms with Crippen molar-refractivity contribution in [1.29, 1.82) is 0 Å². The first-order valence-electron chi connectivity index (χ1n) is 9.23. The van der Waals surface area contributed by atoms with Gasteiger partial charge < -0.3 is 0 Å². The molecule has 2 aromatic carbocycles. The van der Waals surface area contributed by atoms with Gasteiger partial charge in [-0.3, -0.25) is 24.3 Å². The summed E-state index contributed by atoms with van der Waals surface area (Å²) in [5, 5.41) is 0. The molecule has 0 bridgehead atoms. The number of amides is 2. The highest BCUT2D eigenvalue weighted by Gasteiger charge is 2.33. The van der Waals surface area contributed by atoms with Crippen molar-refractivity contribution in [2.45, 2.75) is 19.3 Å². The highest BCUT2D eigenvalue weighted by atomic mass is 35.5. The molecule has 1 saturated heterocycles. The lowest BCUT2D eigenvalue weighted by Gasteiger charge is -2.38. The minimum Gasteiger partial charge on any atom is -0.294 e. The molecule has 0 aliphatic carbocycles. The zero-order valence-electron chi connectivity index (χ0n) is 15.2. The van der Waals surface area contributed by atoms with E-state index in [2.05, 4.69) is 4.90 Å². The average Bonchev–Trinajstić information content (AvgIpc) is 2.70. The SMILES string of the molecule is Cl.O=C1c2ccccc2N(C(=O)CN2CCCCC2)CN1c1ccccc1. The molecule has 27 heavy (non-hydrogen) atoms. The Morgan fingerprint density at radius 3 is 2.30 bits per heavy atom. The molecule has 0 N–H and O–H groups in total. The van der Waals surface area contributed by atoms with Gasteiger partial charge in [-0.15, -0.1) is 12.4 Å². The van der Waals surface area contributed by atoms with Crippen LogP contribution in [0, 0.1) is 0 Å². The maximum Gasteiger partial charge on any atom is 0.261 e. The molecule has 2 aromatic rings. The minimum absolute atomic E-state index is 0. The van der Waals surface area contributed by atoms with Crippen LogP contribution in [0.3, 0.4) is 0 Å². The van der Waals surface area contributed by atoms with Crippen molar-refractivity contribution >= 4 is 35.6 Å². The molecule has 2 amide bonds. The molecule has 5 nitrogen and oxygen atoms in total. The Kier molecular flexibility index (Phi) is 6.14. The van der Waals surface area contributed by atoms with Crippen LogP contribution in [0.2, 0.25) is 0 Å². The van der Waals surface area contributed by atoms with Gasteiger partial charge in [-0.1, -0.05) is 36.8 Å². The first-order valence-corrected chi connectivity index (χ1v) is 9.23. The number of benzene rings is 2. The number of carbonyl (C=O) groups is 2. The quantitative estimate of drug-likeness (QED) is 0.811. The Morgan fingerprint density at radius 2 is 1.56 bits per heavy atom. The second-order valence-corrected chi connectivity index (χ2v) is 6.89. The lowest BCUT2D eigenvalue weighted by molar-refractivity contribution is -0.120. The van der Waals surface area contributed by atoms with E-state index in [9.17, 15) is 9.59 Å². The third kappa shape index (κ3) is 3.99. The zero-order chi connectivity index (χ0) is 17.9. The molecule has 2 aliphatic heterocycles. The molecule has 0 radical (unpaired) electrons. The van der Waals surface area contributed by atoms with E-state index in [1.54, 1.807) is 15.9 Å². The summed E-state index contributed by atoms with van der Waals surface area (Å²) in [7, 11) is 0. The van der Waals surface area contributed by atoms with Gasteiger partial charge in [0, 0.05) is 5.69 Å². The molecule has 4 rings (SSSR count). The average molecular weight is 386 g/mol. The van der Waals surface area contributed by atoms with Crippen LogP contribution in [0.25, 0.3) is 0 Å². The molecule has 142 valence electrons. The fraction of sp³-hybridized carbons (Fsp3) is 0.333. The number of nitrogens with zero attached hydrogens (tertiary/aromatic N) is 3. The van der Waals surface area contributed by atoms with Gasteiger partial charge in [0.05, 0.1) is 17.8 Å². The second-order valence-electron chi connectivity index (χ2n) is 6.89. The number of halogens is 1. The molecule has 0 atom stereocenters. The van der Waals surface area contributed by atoms with Crippen LogP contribution in [0.15, 0.2) is 54.6 Å². The molecule has 2 heterocycles. The molecule has 1 fully saturated rings. The summed E-state index contributed by atoms with van der Waals surface area (Å²) in [5.41, 5.74) is 2.10. The lowest BCUT2D eigenvalue weighted by Crippen LogP contribution is -2.52. The maximum absolute atomic E-state index is 13.1. The summed E-state index contributed by atoms with van der Waals surface area (Å²) < 4.78 is 0. The number of carbonyl (C=O) groups excluding carboxylic acids is 2. The van der Waals surface area contributed by atoms with Gasteiger partial charge >= 0.3 is 0 Å². The van der Waals surface area contributed by atoms with E-state index < -0.39 is 0 Å². The van der Waals surface area contributed by atoms with Gasteiger partial charge in [-0.2, -0.15) is 0 Å². The number of rotatable bonds is 3. The first-order chi connectivity index (χ1) is 12.7. The molecular formula is C21H24ClN3O2. The van der Waals surface area contributed by atoms with Crippen molar-refractivity contribution in [3.63, 3.8) is 0 Å². The van der Waals surface area contributed by atoms with Gasteiger partial charge in [0.15, 0.2) is 0 Å². The molecule has 0 spiro atoms. The van der Waals surface area contributed by atoms with Crippen LogP contribution in [-0.2, 0) is 4.79 Å². The lowest BCUT2D eigenvalue weighted by atomic mass is 10.1. The standard InChI is InChI=1S/C21H23N3O2.ClH/c25-20(15-22-13-7-2-8-14-22)24-16-23(17-9-3-1-4-10-17)21(26)18-11-5-6-12-19(18)24;/h1,3-6,9-12H,2,7-8,13-16H2;1H. The van der Waals surface area contributed by atoms with Crippen molar-refractivity contribution in [2.24, 2.45) is 0 Å². The summed E-state index contributed by atoms with van der Waals surface area (Å²) in [5.74, 6) is -0.0124. The third-order valence-electron chi connectivity index (χ3n) is 5.13. The number of fused-ring (bicyclic) bond motifs is 1. The number of likely N-dealkylation sites (tertiary alicyclic amines) is 1. The summed E-state index contributed by atoms with van der Waals surface area (Å²) >= 11 is 0. The van der Waals surface area contributed by atoms with E-state index in [4.69, 9.17) is 0 Å². The molecular weight excluding hydrogens is 362 g/mol. The normalized spacial score (nSPS) is 17.3. The first kappa shape index (κ1) is 19.4. The van der Waals surface area contributed by atoms with Crippen LogP contribution in [0.1, 0.15) is 29.6 Å². The smallest absolute Gasteiger partial charge is 0.261 e. The Labute approximate surface area is 166 Å². The monoisotopic (exact) mass is 385 g/mol. The van der Waals surface area contributed by atoms with E-state index in [0.29, 0.717) is 17.8 Å². The fourth-order valence-electron chi connectivity index (χ4n) is 3.73. The van der Waals surface area contributed by atoms with Crippen LogP contribution in [0.4, 0.5) is 11.4 Å². The highest BCUT2D eigenvalue weighted by Crippen LogP contribution is 2.30. The topological polar surface area (TPSA) is 43.9 Å². The third-order valence-corrected chi connectivity index (χ3v) is 5.13. The second kappa shape index (κ2) is 8.55. The number of anilines is 2. The number of piperidine rings is 1. The van der Waals surface area contributed by atoms with Crippen LogP contribution in [-0.4, -0.2) is 43.0 Å². The van der Waals surface area contributed by atoms with Crippen molar-refractivity contribution in [2.75, 3.05) is 36.1 Å². The van der Waals surface area contributed by atoms with E-state index in [1.165, 1.54) is 6.42 Å². The molecule has 2 aliphatic rings. The van der Waals surface area contributed by atoms with Gasteiger partial charge in [0.1, 0.15) is 6.67 Å². The van der Waals surface area contributed by atoms with E-state index in [-0.39, 0.29) is 30.9 Å². The molecule has 0 aromatic heterocycles. The zero-order valence-corrected chi connectivity index (χ0v) is 16.0. The predicted octanol–water partition coefficient (Wildman–Crippen LogP) is 3.55. The Hall–Kier alpha value is -2.37. The fourth-order valence-corrected chi connectivity index (χ4v) is 3.73. The van der Waals surface area contributed by atoms with E-state index >= 15 is 0 Å². The van der Waals surface area contributed by atoms with Crippen LogP contribution >= 0.6 is 12.4 Å². The molecule has 0 saturated carbocycles. The number of para-hydroxylation sites is 2. The summed E-state index contributed by atoms with van der Waals surface area (Å²) in [6.07, 6.45) is 3.55. The summed E-state index contributed by atoms with van der Waals surface area (Å²) in [6, 6.07) is 16.9. The van der Waals surface area contributed by atoms with Crippen molar-refractivity contribution in [1.82, 2.24) is 4.90 Å². The molecule has 0 unspecified atom stereocenters. The van der Waals surface area contributed by atoms with E-state index in [0.717, 1.165) is 31.6 Å². The van der Waals surface area contributed by atoms with Gasteiger partial charge in [-0.25, -0.2) is 0 Å². The largest absolute Gasteiger partial charge is 0.294 e. The van der Waals surface area contributed by atoms with E-state index in [1.807, 2.05) is 48.5 Å². The van der Waals surface area contributed by atoms with Crippen molar-refractivity contribution in [3.8, 4) is 0 Å². The Bertz CT molecular complexity index is 806. The Morgan fingerprint density at radius 1 is 0.889 bits per heavy atom. The summed E-state index contributed by atoms with van der Waals surface area (Å²) in [4.78, 5) is 31.7. The number of hydrogen-bond acceptors (Lipinski definition) is 3. The van der Waals surface area contributed by atoms with Crippen molar-refractivity contribution < 1.29 is 9.59 Å².